The lowest BCUT2D eigenvalue weighted by Crippen LogP contribution is -2.16. The van der Waals surface area contributed by atoms with Crippen LogP contribution in [0.15, 0.2) is 47.8 Å². The Morgan fingerprint density at radius 1 is 1.17 bits per heavy atom. The molecular weight excluding hydrogens is 318 g/mol. The van der Waals surface area contributed by atoms with E-state index in [1.807, 2.05) is 6.07 Å². The number of rotatable bonds is 2. The zero-order chi connectivity index (χ0) is 18.4. The molecule has 0 aliphatic rings. The molecule has 122 valence electrons. The Labute approximate surface area is 135 Å². The standard InChI is InChI=1S/C7H7N3O3.C6H4N2.CO2/c8-6(10-13)4-2-1-3-5(9-4)7(11)12;7-5-6-3-1-2-4-8-6;2-1-3/h1-3,13H,(H2,8,10)(H,11,12);1-4H;. The lowest BCUT2D eigenvalue weighted by atomic mass is 10.3. The molecular formula is C14H11N5O5. The first kappa shape index (κ1) is 19.9. The normalized spacial score (nSPS) is 9.04. The number of carboxylic acid groups (broad SMARTS) is 1. The molecule has 0 fully saturated rings. The van der Waals surface area contributed by atoms with Gasteiger partial charge in [0.15, 0.2) is 5.84 Å². The summed E-state index contributed by atoms with van der Waals surface area (Å²) in [5.74, 6) is -1.38. The summed E-state index contributed by atoms with van der Waals surface area (Å²) >= 11 is 0. The smallest absolute Gasteiger partial charge is 0.373 e. The van der Waals surface area contributed by atoms with Gasteiger partial charge in [-0.1, -0.05) is 17.3 Å². The van der Waals surface area contributed by atoms with E-state index in [0.29, 0.717) is 5.69 Å². The molecule has 0 aromatic carbocycles. The van der Waals surface area contributed by atoms with Gasteiger partial charge in [0.1, 0.15) is 23.2 Å². The summed E-state index contributed by atoms with van der Waals surface area (Å²) in [6, 6.07) is 11.4. The zero-order valence-corrected chi connectivity index (χ0v) is 12.0. The van der Waals surface area contributed by atoms with E-state index in [-0.39, 0.29) is 23.4 Å². The predicted octanol–water partition coefficient (Wildman–Crippen LogP) is 0.244. The summed E-state index contributed by atoms with van der Waals surface area (Å²) in [6.45, 7) is 0. The van der Waals surface area contributed by atoms with Crippen LogP contribution in [0.4, 0.5) is 0 Å². The first-order valence-electron chi connectivity index (χ1n) is 5.98. The lowest BCUT2D eigenvalue weighted by Gasteiger charge is -1.98. The molecule has 2 aromatic rings. The molecule has 0 bridgehead atoms. The molecule has 0 saturated carbocycles. The number of carbonyl (C=O) groups is 1. The lowest BCUT2D eigenvalue weighted by molar-refractivity contribution is -0.191. The van der Waals surface area contributed by atoms with Crippen LogP contribution >= 0.6 is 0 Å². The monoisotopic (exact) mass is 329 g/mol. The minimum atomic E-state index is -1.16. The van der Waals surface area contributed by atoms with Gasteiger partial charge in [-0.2, -0.15) is 14.9 Å². The Bertz CT molecular complexity index is 765. The zero-order valence-electron chi connectivity index (χ0n) is 12.0. The summed E-state index contributed by atoms with van der Waals surface area (Å²) in [5.41, 5.74) is 5.65. The topological polar surface area (TPSA) is 180 Å². The number of amidine groups is 1. The molecule has 2 rings (SSSR count). The van der Waals surface area contributed by atoms with E-state index in [2.05, 4.69) is 15.1 Å². The van der Waals surface area contributed by atoms with Gasteiger partial charge in [-0.05, 0) is 24.3 Å². The van der Waals surface area contributed by atoms with Crippen LogP contribution in [0.1, 0.15) is 21.9 Å². The number of pyridine rings is 2. The van der Waals surface area contributed by atoms with Crippen LogP contribution in [-0.2, 0) is 9.59 Å². The number of hydrogen-bond acceptors (Lipinski definition) is 8. The average Bonchev–Trinajstić information content (AvgIpc) is 2.63. The van der Waals surface area contributed by atoms with Gasteiger partial charge in [0.25, 0.3) is 0 Å². The van der Waals surface area contributed by atoms with Crippen molar-refractivity contribution in [3.8, 4) is 6.07 Å². The number of nitrogens with zero attached hydrogens (tertiary/aromatic N) is 4. The second kappa shape index (κ2) is 11.6. The third-order valence-electron chi connectivity index (χ3n) is 2.12. The highest BCUT2D eigenvalue weighted by Gasteiger charge is 2.06. The van der Waals surface area contributed by atoms with Crippen LogP contribution in [0.2, 0.25) is 0 Å². The van der Waals surface area contributed by atoms with Crippen LogP contribution in [0.25, 0.3) is 0 Å². The van der Waals surface area contributed by atoms with Crippen molar-refractivity contribution in [1.82, 2.24) is 9.97 Å². The minimum absolute atomic E-state index is 0.127. The van der Waals surface area contributed by atoms with Crippen molar-refractivity contribution in [2.45, 2.75) is 0 Å². The van der Waals surface area contributed by atoms with Crippen LogP contribution in [0, 0.1) is 11.3 Å². The summed E-state index contributed by atoms with van der Waals surface area (Å²) < 4.78 is 0. The number of carbonyl (C=O) groups excluding carboxylic acids is 2. The first-order valence-corrected chi connectivity index (χ1v) is 5.98. The quantitative estimate of drug-likeness (QED) is 0.301. The highest BCUT2D eigenvalue weighted by atomic mass is 16.4. The molecule has 0 aliphatic heterocycles. The summed E-state index contributed by atoms with van der Waals surface area (Å²) in [7, 11) is 0. The van der Waals surface area contributed by atoms with E-state index < -0.39 is 5.97 Å². The molecule has 0 atom stereocenters. The van der Waals surface area contributed by atoms with E-state index in [9.17, 15) is 4.79 Å². The van der Waals surface area contributed by atoms with Gasteiger partial charge in [0.05, 0.1) is 0 Å². The number of aromatic carboxylic acids is 1. The summed E-state index contributed by atoms with van der Waals surface area (Å²) in [6.07, 6.45) is 1.85. The maximum Gasteiger partial charge on any atom is 0.373 e. The van der Waals surface area contributed by atoms with Crippen molar-refractivity contribution in [1.29, 1.82) is 5.26 Å². The van der Waals surface area contributed by atoms with Crippen molar-refractivity contribution >= 4 is 18.0 Å². The Morgan fingerprint density at radius 2 is 1.79 bits per heavy atom. The fourth-order valence-corrected chi connectivity index (χ4v) is 1.18. The van der Waals surface area contributed by atoms with Crippen molar-refractivity contribution in [3.05, 3.63) is 59.7 Å². The fraction of sp³-hybridized carbons (Fsp3) is 0. The maximum atomic E-state index is 10.5. The number of nitriles is 1. The van der Waals surface area contributed by atoms with Gasteiger partial charge >= 0.3 is 12.1 Å². The van der Waals surface area contributed by atoms with E-state index in [0.717, 1.165) is 0 Å². The molecule has 24 heavy (non-hydrogen) atoms. The number of aromatic nitrogens is 2. The van der Waals surface area contributed by atoms with E-state index in [1.54, 1.807) is 24.4 Å². The van der Waals surface area contributed by atoms with Crippen molar-refractivity contribution in [2.24, 2.45) is 10.9 Å². The molecule has 0 unspecified atom stereocenters. The van der Waals surface area contributed by atoms with Gasteiger partial charge in [-0.3, -0.25) is 0 Å². The van der Waals surface area contributed by atoms with Crippen LogP contribution < -0.4 is 5.73 Å². The Balaban J connectivity index is 0.000000409. The molecule has 10 nitrogen and oxygen atoms in total. The second-order valence-electron chi connectivity index (χ2n) is 3.61. The van der Waals surface area contributed by atoms with Crippen LogP contribution in [-0.4, -0.2) is 38.2 Å². The largest absolute Gasteiger partial charge is 0.477 e. The van der Waals surface area contributed by atoms with Gasteiger partial charge in [-0.25, -0.2) is 14.8 Å². The predicted molar refractivity (Wildman–Crippen MR) is 77.7 cm³/mol. The van der Waals surface area contributed by atoms with Crippen molar-refractivity contribution in [2.75, 3.05) is 0 Å². The highest BCUT2D eigenvalue weighted by Crippen LogP contribution is 1.98. The van der Waals surface area contributed by atoms with Gasteiger partial charge in [-0.15, -0.1) is 0 Å². The Morgan fingerprint density at radius 3 is 2.21 bits per heavy atom. The second-order valence-corrected chi connectivity index (χ2v) is 3.61. The minimum Gasteiger partial charge on any atom is -0.477 e. The SMILES string of the molecule is N#Cc1ccccn1.N/C(=N\O)c1cccc(C(=O)O)n1.O=C=O. The van der Waals surface area contributed by atoms with Gasteiger partial charge in [0.2, 0.25) is 0 Å². The molecule has 10 heteroatoms. The van der Waals surface area contributed by atoms with Crippen LogP contribution in [0.5, 0.6) is 0 Å². The molecule has 0 spiro atoms. The molecule has 2 aromatic heterocycles. The van der Waals surface area contributed by atoms with Gasteiger partial charge < -0.3 is 16.0 Å². The number of hydrogen-bond donors (Lipinski definition) is 3. The van der Waals surface area contributed by atoms with Crippen molar-refractivity contribution < 1.29 is 24.7 Å². The first-order chi connectivity index (χ1) is 11.5. The molecule has 0 radical (unpaired) electrons. The van der Waals surface area contributed by atoms with E-state index in [4.69, 9.17) is 30.9 Å². The van der Waals surface area contributed by atoms with Crippen molar-refractivity contribution in [3.63, 3.8) is 0 Å². The summed E-state index contributed by atoms with van der Waals surface area (Å²) in [4.78, 5) is 34.1. The average molecular weight is 329 g/mol. The summed E-state index contributed by atoms with van der Waals surface area (Å²) in [5, 5.41) is 27.8. The van der Waals surface area contributed by atoms with Crippen LogP contribution in [0.3, 0.4) is 0 Å². The number of oxime groups is 1. The van der Waals surface area contributed by atoms with E-state index in [1.165, 1.54) is 18.2 Å². The highest BCUT2D eigenvalue weighted by molar-refractivity contribution is 5.96. The molecule has 4 N–H and O–H groups in total. The third kappa shape index (κ3) is 7.63. The number of nitrogens with two attached hydrogens (primary N) is 1. The molecule has 2 heterocycles. The fourth-order valence-electron chi connectivity index (χ4n) is 1.18. The number of carboxylic acids is 1. The Kier molecular flexibility index (Phi) is 9.59. The van der Waals surface area contributed by atoms with E-state index >= 15 is 0 Å². The maximum absolute atomic E-state index is 10.5. The van der Waals surface area contributed by atoms with Gasteiger partial charge in [0, 0.05) is 6.20 Å². The molecule has 0 amide bonds. The Hall–Kier alpha value is -4.09. The molecule has 0 aliphatic carbocycles. The molecule has 0 saturated heterocycles. The third-order valence-corrected chi connectivity index (χ3v) is 2.12.